The van der Waals surface area contributed by atoms with Gasteiger partial charge in [0.05, 0.1) is 18.1 Å². The summed E-state index contributed by atoms with van der Waals surface area (Å²) in [6.07, 6.45) is 0. The normalized spacial score (nSPS) is 11.6. The number of carbonyl (C=O) groups excluding carboxylic acids is 1. The van der Waals surface area contributed by atoms with Crippen molar-refractivity contribution in [3.63, 3.8) is 0 Å². The van der Waals surface area contributed by atoms with Crippen molar-refractivity contribution < 1.29 is 19.8 Å². The summed E-state index contributed by atoms with van der Waals surface area (Å²) in [6.45, 7) is 2.08. The van der Waals surface area contributed by atoms with E-state index < -0.39 is 4.92 Å². The lowest BCUT2D eigenvalue weighted by atomic mass is 10.1. The first-order valence-electron chi connectivity index (χ1n) is 7.61. The third kappa shape index (κ3) is 5.17. The highest BCUT2D eigenvalue weighted by atomic mass is 35.5. The second-order valence-corrected chi connectivity index (χ2v) is 5.91. The summed E-state index contributed by atoms with van der Waals surface area (Å²) in [5.41, 5.74) is 0.922. The molecule has 2 aromatic carbocycles. The Balaban J connectivity index is 1.99. The average Bonchev–Trinajstić information content (AvgIpc) is 2.59. The fourth-order valence-corrected chi connectivity index (χ4v) is 2.50. The number of nitrogens with zero attached hydrogens (tertiary/aromatic N) is 1. The van der Waals surface area contributed by atoms with Crippen molar-refractivity contribution in [2.75, 3.05) is 19.0 Å². The van der Waals surface area contributed by atoms with Gasteiger partial charge in [-0.1, -0.05) is 23.7 Å². The Morgan fingerprint density at radius 3 is 2.76 bits per heavy atom. The zero-order valence-electron chi connectivity index (χ0n) is 13.9. The first-order chi connectivity index (χ1) is 11.9. The zero-order chi connectivity index (χ0) is 18.4. The van der Waals surface area contributed by atoms with Crippen molar-refractivity contribution in [2.24, 2.45) is 0 Å². The number of carbonyl (C=O) groups is 1. The van der Waals surface area contributed by atoms with E-state index >= 15 is 0 Å². The molecule has 0 saturated heterocycles. The summed E-state index contributed by atoms with van der Waals surface area (Å²) < 4.78 is 4.97. The van der Waals surface area contributed by atoms with Crippen LogP contribution >= 0.6 is 11.6 Å². The highest BCUT2D eigenvalue weighted by Gasteiger charge is 2.18. The predicted octanol–water partition coefficient (Wildman–Crippen LogP) is 2.52. The van der Waals surface area contributed by atoms with Gasteiger partial charge in [-0.3, -0.25) is 14.9 Å². The van der Waals surface area contributed by atoms with E-state index in [9.17, 15) is 14.9 Å². The van der Waals surface area contributed by atoms with Gasteiger partial charge < -0.3 is 15.4 Å². The van der Waals surface area contributed by atoms with E-state index in [0.29, 0.717) is 10.8 Å². The van der Waals surface area contributed by atoms with Gasteiger partial charge in [0.2, 0.25) is 0 Å². The van der Waals surface area contributed by atoms with Crippen molar-refractivity contribution in [3.05, 3.63) is 63.2 Å². The number of rotatable bonds is 7. The maximum absolute atomic E-state index is 12.1. The topological polar surface area (TPSA) is 98.1 Å². The number of anilines is 1. The molecule has 0 aliphatic rings. The van der Waals surface area contributed by atoms with Gasteiger partial charge in [0.25, 0.3) is 11.6 Å². The molecule has 7 nitrogen and oxygen atoms in total. The molecule has 25 heavy (non-hydrogen) atoms. The monoisotopic (exact) mass is 364 g/mol. The molecule has 8 heteroatoms. The number of halogens is 1. The van der Waals surface area contributed by atoms with Crippen molar-refractivity contribution in [3.8, 4) is 5.75 Å². The molecular formula is C17H19ClN3O4+. The van der Waals surface area contributed by atoms with Crippen LogP contribution in [0.5, 0.6) is 5.75 Å². The van der Waals surface area contributed by atoms with Crippen molar-refractivity contribution in [1.29, 1.82) is 0 Å². The lowest BCUT2D eigenvalue weighted by Crippen LogP contribution is -2.86. The number of nitrogens with one attached hydrogen (secondary N) is 1. The molecule has 0 aliphatic carbocycles. The second kappa shape index (κ2) is 8.46. The minimum atomic E-state index is -0.559. The molecule has 1 amide bonds. The number of benzene rings is 2. The van der Waals surface area contributed by atoms with Crippen LogP contribution in [0.2, 0.25) is 5.02 Å². The Morgan fingerprint density at radius 2 is 2.12 bits per heavy atom. The van der Waals surface area contributed by atoms with Gasteiger partial charge in [-0.25, -0.2) is 0 Å². The molecule has 0 heterocycles. The van der Waals surface area contributed by atoms with E-state index in [2.05, 4.69) is 5.32 Å². The van der Waals surface area contributed by atoms with Crippen molar-refractivity contribution in [1.82, 2.24) is 0 Å². The van der Waals surface area contributed by atoms with E-state index in [-0.39, 0.29) is 29.9 Å². The van der Waals surface area contributed by atoms with E-state index in [0.717, 1.165) is 5.56 Å². The minimum Gasteiger partial charge on any atom is -0.496 e. The summed E-state index contributed by atoms with van der Waals surface area (Å²) >= 11 is 5.96. The molecule has 0 unspecified atom stereocenters. The molecule has 0 bridgehead atoms. The molecule has 3 N–H and O–H groups in total. The summed E-state index contributed by atoms with van der Waals surface area (Å²) in [5, 5.41) is 16.2. The quantitative estimate of drug-likeness (QED) is 0.582. The number of amides is 1. The maximum Gasteiger partial charge on any atom is 0.296 e. The standard InChI is InChI=1S/C17H18ClN3O4/c1-11(12-4-3-5-13(18)8-12)19-10-17(22)20-15-7-6-14(25-2)9-16(15)21(23)24/h3-9,11,19H,10H2,1-2H3,(H,20,22)/p+1/t11-/m1/s1. The van der Waals surface area contributed by atoms with Gasteiger partial charge >= 0.3 is 0 Å². The van der Waals surface area contributed by atoms with Gasteiger partial charge in [0.15, 0.2) is 6.54 Å². The highest BCUT2D eigenvalue weighted by molar-refractivity contribution is 6.30. The minimum absolute atomic E-state index is 0.0234. The van der Waals surface area contributed by atoms with E-state index in [1.165, 1.54) is 19.2 Å². The SMILES string of the molecule is COc1ccc(NC(=O)C[NH2+][C@H](C)c2cccc(Cl)c2)c([N+](=O)[O-])c1. The fourth-order valence-electron chi connectivity index (χ4n) is 2.31. The Hall–Kier alpha value is -2.64. The van der Waals surface area contributed by atoms with Gasteiger partial charge in [-0.15, -0.1) is 0 Å². The number of ether oxygens (including phenoxy) is 1. The molecule has 0 aliphatic heterocycles. The van der Waals surface area contributed by atoms with Crippen molar-refractivity contribution in [2.45, 2.75) is 13.0 Å². The van der Waals surface area contributed by atoms with Crippen LogP contribution in [0.25, 0.3) is 0 Å². The highest BCUT2D eigenvalue weighted by Crippen LogP contribution is 2.28. The zero-order valence-corrected chi connectivity index (χ0v) is 14.6. The number of quaternary nitrogens is 1. The van der Waals surface area contributed by atoms with Crippen LogP contribution in [-0.4, -0.2) is 24.5 Å². The molecule has 2 aromatic rings. The molecule has 0 saturated carbocycles. The van der Waals surface area contributed by atoms with Crippen LogP contribution in [0.1, 0.15) is 18.5 Å². The van der Waals surface area contributed by atoms with Crippen LogP contribution < -0.4 is 15.4 Å². The molecule has 0 aromatic heterocycles. The third-order valence-electron chi connectivity index (χ3n) is 3.71. The molecule has 1 atom stereocenters. The van der Waals surface area contributed by atoms with Crippen LogP contribution in [0.15, 0.2) is 42.5 Å². The number of hydrogen-bond donors (Lipinski definition) is 2. The smallest absolute Gasteiger partial charge is 0.296 e. The number of methoxy groups -OCH3 is 1. The van der Waals surface area contributed by atoms with Crippen molar-refractivity contribution >= 4 is 28.9 Å². The Labute approximate surface area is 150 Å². The first-order valence-corrected chi connectivity index (χ1v) is 7.99. The lowest BCUT2D eigenvalue weighted by molar-refractivity contribution is -0.682. The van der Waals surface area contributed by atoms with Gasteiger partial charge in [-0.05, 0) is 31.2 Å². The van der Waals surface area contributed by atoms with Gasteiger partial charge in [0.1, 0.15) is 17.5 Å². The van der Waals surface area contributed by atoms with E-state index in [1.807, 2.05) is 30.4 Å². The summed E-state index contributed by atoms with van der Waals surface area (Å²) in [6, 6.07) is 11.7. The Kier molecular flexibility index (Phi) is 6.32. The summed E-state index contributed by atoms with van der Waals surface area (Å²) in [5.74, 6) is 0.0213. The second-order valence-electron chi connectivity index (χ2n) is 5.47. The van der Waals surface area contributed by atoms with Crippen LogP contribution in [0.3, 0.4) is 0 Å². The molecule has 0 radical (unpaired) electrons. The summed E-state index contributed by atoms with van der Waals surface area (Å²) in [4.78, 5) is 22.7. The van der Waals surface area contributed by atoms with Gasteiger partial charge in [0, 0.05) is 10.6 Å². The predicted molar refractivity (Wildman–Crippen MR) is 94.9 cm³/mol. The van der Waals surface area contributed by atoms with Gasteiger partial charge in [-0.2, -0.15) is 0 Å². The largest absolute Gasteiger partial charge is 0.496 e. The summed E-state index contributed by atoms with van der Waals surface area (Å²) in [7, 11) is 1.42. The number of nitro benzene ring substituents is 1. The number of nitrogens with two attached hydrogens (primary N) is 1. The average molecular weight is 365 g/mol. The van der Waals surface area contributed by atoms with E-state index in [1.54, 1.807) is 12.1 Å². The number of nitro groups is 1. The molecule has 0 fully saturated rings. The molecule has 2 rings (SSSR count). The van der Waals surface area contributed by atoms with Crippen LogP contribution in [-0.2, 0) is 4.79 Å². The lowest BCUT2D eigenvalue weighted by Gasteiger charge is -2.12. The maximum atomic E-state index is 12.1. The Bertz CT molecular complexity index is 782. The molecule has 0 spiro atoms. The number of hydrogen-bond acceptors (Lipinski definition) is 4. The Morgan fingerprint density at radius 1 is 1.36 bits per heavy atom. The third-order valence-corrected chi connectivity index (χ3v) is 3.94. The fraction of sp³-hybridized carbons (Fsp3) is 0.235. The van der Waals surface area contributed by atoms with Crippen LogP contribution in [0, 0.1) is 10.1 Å². The van der Waals surface area contributed by atoms with Crippen LogP contribution in [0.4, 0.5) is 11.4 Å². The first kappa shape index (κ1) is 18.7. The molecular weight excluding hydrogens is 346 g/mol. The van der Waals surface area contributed by atoms with E-state index in [4.69, 9.17) is 16.3 Å². The molecule has 132 valence electrons.